The number of amides is 1. The molecule has 1 amide bonds. The first-order valence-corrected chi connectivity index (χ1v) is 9.09. The first kappa shape index (κ1) is 20.6. The summed E-state index contributed by atoms with van der Waals surface area (Å²) in [5.74, 6) is 0.755. The zero-order valence-corrected chi connectivity index (χ0v) is 16.7. The number of aromatic hydroxyl groups is 1. The molecule has 2 aromatic carbocycles. The zero-order valence-electron chi connectivity index (χ0n) is 15.2. The molecule has 29 heavy (non-hydrogen) atoms. The molecule has 0 atom stereocenters. The number of phenols is 1. The molecule has 150 valence electrons. The van der Waals surface area contributed by atoms with Crippen molar-refractivity contribution < 1.29 is 23.8 Å². The smallest absolute Gasteiger partial charge is 0.307 e. The van der Waals surface area contributed by atoms with Crippen LogP contribution in [-0.4, -0.2) is 24.3 Å². The van der Waals surface area contributed by atoms with Gasteiger partial charge in [-0.1, -0.05) is 23.2 Å². The molecular weight excluding hydrogens is 419 g/mol. The van der Waals surface area contributed by atoms with Gasteiger partial charge in [0.25, 0.3) is 0 Å². The van der Waals surface area contributed by atoms with Crippen LogP contribution in [-0.2, 0) is 6.61 Å². The van der Waals surface area contributed by atoms with Crippen LogP contribution in [0.3, 0.4) is 0 Å². The summed E-state index contributed by atoms with van der Waals surface area (Å²) in [4.78, 5) is 12.1. The Morgan fingerprint density at radius 1 is 1.17 bits per heavy atom. The van der Waals surface area contributed by atoms with Crippen LogP contribution >= 0.6 is 23.2 Å². The number of nitrogens with one attached hydrogen (secondary N) is 1. The molecule has 0 aliphatic carbocycles. The molecule has 1 aromatic heterocycles. The number of carbonyl (C=O) groups is 1. The van der Waals surface area contributed by atoms with E-state index in [9.17, 15) is 9.90 Å². The first-order chi connectivity index (χ1) is 14.0. The number of halogens is 2. The second-order valence-electron chi connectivity index (χ2n) is 5.76. The molecule has 3 aromatic rings. The Hall–Kier alpha value is -3.16. The monoisotopic (exact) mass is 434 g/mol. The molecule has 0 unspecified atom stereocenters. The van der Waals surface area contributed by atoms with Gasteiger partial charge in [0.1, 0.15) is 18.1 Å². The SMILES string of the molecule is COc1cc(C=NNC(=O)c2ccc(COc3ccc(Cl)cc3Cl)o2)ccc1O. The second-order valence-corrected chi connectivity index (χ2v) is 6.60. The van der Waals surface area contributed by atoms with Crippen LogP contribution in [0, 0.1) is 0 Å². The minimum Gasteiger partial charge on any atom is -0.504 e. The fourth-order valence-corrected chi connectivity index (χ4v) is 2.78. The number of phenolic OH excluding ortho intramolecular Hbond substituents is 1. The molecule has 2 N–H and O–H groups in total. The predicted molar refractivity (Wildman–Crippen MR) is 109 cm³/mol. The maximum absolute atomic E-state index is 12.1. The molecule has 7 nitrogen and oxygen atoms in total. The molecule has 1 heterocycles. The Bertz CT molecular complexity index is 1050. The minimum atomic E-state index is -0.525. The maximum Gasteiger partial charge on any atom is 0.307 e. The average Bonchev–Trinajstić information content (AvgIpc) is 3.17. The summed E-state index contributed by atoms with van der Waals surface area (Å²) in [6.45, 7) is 0.0885. The van der Waals surface area contributed by atoms with Crippen molar-refractivity contribution in [2.75, 3.05) is 7.11 Å². The number of hydrogen-bond acceptors (Lipinski definition) is 6. The molecule has 0 spiro atoms. The molecule has 0 bridgehead atoms. The van der Waals surface area contributed by atoms with Crippen molar-refractivity contribution in [2.24, 2.45) is 5.10 Å². The van der Waals surface area contributed by atoms with E-state index >= 15 is 0 Å². The largest absolute Gasteiger partial charge is 0.504 e. The van der Waals surface area contributed by atoms with E-state index in [0.717, 1.165) is 0 Å². The van der Waals surface area contributed by atoms with Gasteiger partial charge in [-0.15, -0.1) is 0 Å². The number of ether oxygens (including phenoxy) is 2. The van der Waals surface area contributed by atoms with Crippen molar-refractivity contribution >= 4 is 35.3 Å². The minimum absolute atomic E-state index is 0.0129. The van der Waals surface area contributed by atoms with Gasteiger partial charge in [0.15, 0.2) is 17.3 Å². The molecule has 3 rings (SSSR count). The van der Waals surface area contributed by atoms with Gasteiger partial charge in [-0.2, -0.15) is 5.10 Å². The highest BCUT2D eigenvalue weighted by Crippen LogP contribution is 2.28. The van der Waals surface area contributed by atoms with Gasteiger partial charge in [0.05, 0.1) is 18.3 Å². The average molecular weight is 435 g/mol. The van der Waals surface area contributed by atoms with E-state index < -0.39 is 5.91 Å². The van der Waals surface area contributed by atoms with Crippen LogP contribution < -0.4 is 14.9 Å². The zero-order chi connectivity index (χ0) is 20.8. The van der Waals surface area contributed by atoms with E-state index in [1.165, 1.54) is 25.5 Å². The Labute approximate surface area is 176 Å². The Morgan fingerprint density at radius 2 is 2.00 bits per heavy atom. The van der Waals surface area contributed by atoms with Crippen molar-refractivity contribution in [1.29, 1.82) is 0 Å². The maximum atomic E-state index is 12.1. The van der Waals surface area contributed by atoms with Gasteiger partial charge in [0.2, 0.25) is 0 Å². The normalized spacial score (nSPS) is 10.9. The van der Waals surface area contributed by atoms with Gasteiger partial charge in [-0.05, 0) is 54.1 Å². The van der Waals surface area contributed by atoms with Crippen molar-refractivity contribution in [2.45, 2.75) is 6.61 Å². The molecule has 0 aliphatic rings. The van der Waals surface area contributed by atoms with Gasteiger partial charge in [-0.3, -0.25) is 4.79 Å². The van der Waals surface area contributed by atoms with Gasteiger partial charge in [-0.25, -0.2) is 5.43 Å². The Morgan fingerprint density at radius 3 is 2.76 bits per heavy atom. The standard InChI is InChI=1S/C20H16Cl2N2O5/c1-27-19-8-12(2-5-16(19)25)10-23-24-20(26)18-7-4-14(29-18)11-28-17-6-3-13(21)9-15(17)22/h2-10,25H,11H2,1H3,(H,24,26). The highest BCUT2D eigenvalue weighted by molar-refractivity contribution is 6.35. The Kier molecular flexibility index (Phi) is 6.64. The van der Waals surface area contributed by atoms with Crippen LogP contribution in [0.4, 0.5) is 0 Å². The van der Waals surface area contributed by atoms with Crippen molar-refractivity contribution in [3.63, 3.8) is 0 Å². The van der Waals surface area contributed by atoms with Gasteiger partial charge < -0.3 is 19.0 Å². The third-order valence-corrected chi connectivity index (χ3v) is 4.26. The lowest BCUT2D eigenvalue weighted by atomic mass is 10.2. The highest BCUT2D eigenvalue weighted by atomic mass is 35.5. The Balaban J connectivity index is 1.56. The van der Waals surface area contributed by atoms with E-state index in [0.29, 0.717) is 32.9 Å². The number of benzene rings is 2. The van der Waals surface area contributed by atoms with Gasteiger partial charge in [0, 0.05) is 5.02 Å². The number of carbonyl (C=O) groups excluding carboxylic acids is 1. The molecular formula is C20H16Cl2N2O5. The van der Waals surface area contributed by atoms with Crippen LogP contribution in [0.15, 0.2) is 58.0 Å². The van der Waals surface area contributed by atoms with E-state index in [2.05, 4.69) is 10.5 Å². The number of hydrazone groups is 1. The molecule has 0 radical (unpaired) electrons. The number of methoxy groups -OCH3 is 1. The van der Waals surface area contributed by atoms with Crippen LogP contribution in [0.5, 0.6) is 17.2 Å². The lowest BCUT2D eigenvalue weighted by molar-refractivity contribution is 0.0923. The summed E-state index contributed by atoms with van der Waals surface area (Å²) in [6, 6.07) is 12.7. The number of nitrogens with zero attached hydrogens (tertiary/aromatic N) is 1. The fourth-order valence-electron chi connectivity index (χ4n) is 2.31. The van der Waals surface area contributed by atoms with E-state index in [1.54, 1.807) is 36.4 Å². The van der Waals surface area contributed by atoms with Crippen LogP contribution in [0.1, 0.15) is 21.9 Å². The predicted octanol–water partition coefficient (Wildman–Crippen LogP) is 4.64. The summed E-state index contributed by atoms with van der Waals surface area (Å²) in [5.41, 5.74) is 2.99. The third kappa shape index (κ3) is 5.43. The highest BCUT2D eigenvalue weighted by Gasteiger charge is 2.11. The van der Waals surface area contributed by atoms with Gasteiger partial charge >= 0.3 is 5.91 Å². The fraction of sp³-hybridized carbons (Fsp3) is 0.100. The molecule has 9 heteroatoms. The van der Waals surface area contributed by atoms with Crippen LogP contribution in [0.2, 0.25) is 10.0 Å². The van der Waals surface area contributed by atoms with Crippen molar-refractivity contribution in [3.05, 3.63) is 75.7 Å². The van der Waals surface area contributed by atoms with Crippen molar-refractivity contribution in [1.82, 2.24) is 5.43 Å². The number of rotatable bonds is 7. The van der Waals surface area contributed by atoms with E-state index in [4.69, 9.17) is 37.1 Å². The molecule has 0 fully saturated rings. The first-order valence-electron chi connectivity index (χ1n) is 8.33. The summed E-state index contributed by atoms with van der Waals surface area (Å²) >= 11 is 11.9. The van der Waals surface area contributed by atoms with E-state index in [1.807, 2.05) is 0 Å². The molecule has 0 saturated carbocycles. The molecule has 0 saturated heterocycles. The van der Waals surface area contributed by atoms with Crippen molar-refractivity contribution in [3.8, 4) is 17.2 Å². The number of hydrogen-bond donors (Lipinski definition) is 2. The summed E-state index contributed by atoms with van der Waals surface area (Å²) < 4.78 is 16.0. The summed E-state index contributed by atoms with van der Waals surface area (Å²) in [5, 5.41) is 14.3. The summed E-state index contributed by atoms with van der Waals surface area (Å²) in [7, 11) is 1.44. The topological polar surface area (TPSA) is 93.3 Å². The third-order valence-electron chi connectivity index (χ3n) is 3.73. The second kappa shape index (κ2) is 9.36. The quantitative estimate of drug-likeness (QED) is 0.417. The number of furan rings is 1. The molecule has 0 aliphatic heterocycles. The lowest BCUT2D eigenvalue weighted by Gasteiger charge is -2.06. The summed E-state index contributed by atoms with van der Waals surface area (Å²) in [6.07, 6.45) is 1.41. The lowest BCUT2D eigenvalue weighted by Crippen LogP contribution is -2.16. The van der Waals surface area contributed by atoms with Crippen LogP contribution in [0.25, 0.3) is 0 Å². The van der Waals surface area contributed by atoms with E-state index in [-0.39, 0.29) is 18.1 Å².